The number of carboxylic acids is 1. The number of hydrogen-bond acceptors (Lipinski definition) is 4. The van der Waals surface area contributed by atoms with Crippen LogP contribution in [0.4, 0.5) is 0 Å². The van der Waals surface area contributed by atoms with Gasteiger partial charge in [-0.3, -0.25) is 9.59 Å². The molecule has 0 bridgehead atoms. The van der Waals surface area contributed by atoms with E-state index in [0.717, 1.165) is 0 Å². The highest BCUT2D eigenvalue weighted by Crippen LogP contribution is 1.99. The maximum Gasteiger partial charge on any atom is 0.275 e. The Morgan fingerprint density at radius 3 is 2.19 bits per heavy atom. The summed E-state index contributed by atoms with van der Waals surface area (Å²) in [5.74, 6) is -2.56. The van der Waals surface area contributed by atoms with Crippen molar-refractivity contribution in [1.29, 1.82) is 0 Å². The maximum atomic E-state index is 11.2. The number of quaternary nitrogens is 1. The van der Waals surface area contributed by atoms with Crippen LogP contribution in [0.5, 0.6) is 0 Å². The zero-order valence-corrected chi connectivity index (χ0v) is 9.41. The molecule has 0 aromatic heterocycles. The van der Waals surface area contributed by atoms with Crippen LogP contribution in [0.2, 0.25) is 0 Å². The van der Waals surface area contributed by atoms with Gasteiger partial charge in [0.05, 0.1) is 18.6 Å². The van der Waals surface area contributed by atoms with Crippen molar-refractivity contribution in [2.24, 2.45) is 5.92 Å². The molecule has 0 saturated heterocycles. The van der Waals surface area contributed by atoms with Crippen LogP contribution in [0.25, 0.3) is 0 Å². The highest BCUT2D eigenvalue weighted by Gasteiger charge is 2.17. The third kappa shape index (κ3) is 5.30. The summed E-state index contributed by atoms with van der Waals surface area (Å²) in [6.45, 7) is 3.07. The highest BCUT2D eigenvalue weighted by molar-refractivity contribution is 5.87. The Morgan fingerprint density at radius 1 is 1.25 bits per heavy atom. The molecule has 0 heterocycles. The Labute approximate surface area is 93.4 Å². The summed E-state index contributed by atoms with van der Waals surface area (Å²) in [5.41, 5.74) is 3.33. The molecule has 2 amide bonds. The molecule has 1 atom stereocenters. The van der Waals surface area contributed by atoms with E-state index in [1.54, 1.807) is 13.8 Å². The van der Waals surface area contributed by atoms with Gasteiger partial charge in [0.1, 0.15) is 0 Å². The van der Waals surface area contributed by atoms with E-state index in [4.69, 9.17) is 0 Å². The number of hydrogen-bond donors (Lipinski definition) is 3. The molecule has 0 saturated carbocycles. The fourth-order valence-electron chi connectivity index (χ4n) is 0.989. The van der Waals surface area contributed by atoms with Gasteiger partial charge in [-0.05, 0) is 5.92 Å². The lowest BCUT2D eigenvalue weighted by Gasteiger charge is -2.23. The molecule has 7 nitrogen and oxygen atoms in total. The van der Waals surface area contributed by atoms with Gasteiger partial charge in [-0.25, -0.2) is 0 Å². The average molecular weight is 231 g/mol. The lowest BCUT2D eigenvalue weighted by atomic mass is 10.1. The zero-order valence-electron chi connectivity index (χ0n) is 9.41. The summed E-state index contributed by atoms with van der Waals surface area (Å²) >= 11 is 0. The molecule has 5 N–H and O–H groups in total. The second kappa shape index (κ2) is 6.78. The number of carbonyl (C=O) groups excluding carboxylic acids is 3. The van der Waals surface area contributed by atoms with Crippen LogP contribution >= 0.6 is 0 Å². The van der Waals surface area contributed by atoms with Crippen molar-refractivity contribution in [3.8, 4) is 0 Å². The van der Waals surface area contributed by atoms with Gasteiger partial charge in [0.15, 0.2) is 6.54 Å². The lowest BCUT2D eigenvalue weighted by molar-refractivity contribution is -0.355. The second-order valence-corrected chi connectivity index (χ2v) is 3.63. The fourth-order valence-corrected chi connectivity index (χ4v) is 0.989. The molecule has 92 valence electrons. The highest BCUT2D eigenvalue weighted by atomic mass is 16.4. The molecular weight excluding hydrogens is 214 g/mol. The summed E-state index contributed by atoms with van der Waals surface area (Å²) < 4.78 is 0. The monoisotopic (exact) mass is 231 g/mol. The molecule has 7 heteroatoms. The minimum Gasteiger partial charge on any atom is -0.548 e. The summed E-state index contributed by atoms with van der Waals surface area (Å²) in [6, 6.07) is -1.05. The molecule has 0 fully saturated rings. The van der Waals surface area contributed by atoms with Gasteiger partial charge in [-0.1, -0.05) is 13.8 Å². The van der Waals surface area contributed by atoms with Gasteiger partial charge in [-0.15, -0.1) is 0 Å². The molecule has 0 unspecified atom stereocenters. The quantitative estimate of drug-likeness (QED) is 0.434. The van der Waals surface area contributed by atoms with Crippen molar-refractivity contribution in [1.82, 2.24) is 10.6 Å². The molecule has 0 aliphatic carbocycles. The van der Waals surface area contributed by atoms with Crippen molar-refractivity contribution in [2.45, 2.75) is 19.9 Å². The van der Waals surface area contributed by atoms with Crippen LogP contribution in [-0.4, -0.2) is 36.9 Å². The zero-order chi connectivity index (χ0) is 12.7. The van der Waals surface area contributed by atoms with E-state index in [1.807, 2.05) is 0 Å². The van der Waals surface area contributed by atoms with E-state index in [1.165, 1.54) is 0 Å². The lowest BCUT2D eigenvalue weighted by Crippen LogP contribution is -2.58. The van der Waals surface area contributed by atoms with Gasteiger partial charge in [0.2, 0.25) is 5.91 Å². The van der Waals surface area contributed by atoms with Crippen molar-refractivity contribution < 1.29 is 25.2 Å². The van der Waals surface area contributed by atoms with E-state index < -0.39 is 17.9 Å². The van der Waals surface area contributed by atoms with Gasteiger partial charge < -0.3 is 26.3 Å². The minimum absolute atomic E-state index is 0.0291. The Hall–Kier alpha value is -1.63. The van der Waals surface area contributed by atoms with Crippen LogP contribution in [0.15, 0.2) is 0 Å². The average Bonchev–Trinajstić information content (AvgIpc) is 2.21. The Kier molecular flexibility index (Phi) is 6.09. The second-order valence-electron chi connectivity index (χ2n) is 3.63. The number of rotatable bonds is 6. The van der Waals surface area contributed by atoms with Gasteiger partial charge >= 0.3 is 0 Å². The number of nitrogens with one attached hydrogen (secondary N) is 2. The molecular formula is C9H17N3O4. The van der Waals surface area contributed by atoms with Crippen LogP contribution in [0, 0.1) is 5.92 Å². The van der Waals surface area contributed by atoms with Crippen LogP contribution in [0.1, 0.15) is 13.8 Å². The minimum atomic E-state index is -1.34. The smallest absolute Gasteiger partial charge is 0.275 e. The Morgan fingerprint density at radius 2 is 1.81 bits per heavy atom. The topological polar surface area (TPSA) is 126 Å². The molecule has 0 aromatic carbocycles. The molecule has 0 spiro atoms. The van der Waals surface area contributed by atoms with Crippen molar-refractivity contribution in [3.05, 3.63) is 0 Å². The standard InChI is InChI=1S/C9H17N3O4/c1-5(2)8(9(15)16)12-7(14)4-11-6(13)3-10/h5,8H,3-4,10H2,1-2H3,(H,11,13)(H,12,14)(H,15,16)/t8-/m1/s1. The molecule has 16 heavy (non-hydrogen) atoms. The van der Waals surface area contributed by atoms with Crippen LogP contribution in [0.3, 0.4) is 0 Å². The SMILES string of the molecule is CC(C)[C@@H](NC(=O)CNC(=O)C[NH3+])C(=O)[O-]. The normalized spacial score (nSPS) is 12.0. The fraction of sp³-hybridized carbons (Fsp3) is 0.667. The maximum absolute atomic E-state index is 11.2. The predicted octanol–water partition coefficient (Wildman–Crippen LogP) is -3.76. The first kappa shape index (κ1) is 14.4. The van der Waals surface area contributed by atoms with Crippen molar-refractivity contribution >= 4 is 17.8 Å². The number of aliphatic carboxylic acids is 1. The molecule has 0 aliphatic rings. The molecule has 0 radical (unpaired) electrons. The summed E-state index contributed by atoms with van der Waals surface area (Å²) in [4.78, 5) is 32.7. The van der Waals surface area contributed by atoms with Crippen molar-refractivity contribution in [3.63, 3.8) is 0 Å². The third-order valence-electron chi connectivity index (χ3n) is 1.91. The first-order valence-electron chi connectivity index (χ1n) is 4.94. The molecule has 0 aromatic rings. The van der Waals surface area contributed by atoms with E-state index in [0.29, 0.717) is 0 Å². The Balaban J connectivity index is 4.11. The number of carbonyl (C=O) groups is 3. The molecule has 0 rings (SSSR count). The van der Waals surface area contributed by atoms with E-state index in [2.05, 4.69) is 16.4 Å². The summed E-state index contributed by atoms with van der Waals surface area (Å²) in [5, 5.41) is 15.2. The summed E-state index contributed by atoms with van der Waals surface area (Å²) in [6.07, 6.45) is 0. The van der Waals surface area contributed by atoms with Crippen molar-refractivity contribution in [2.75, 3.05) is 13.1 Å². The number of carboxylic acid groups (broad SMARTS) is 1. The van der Waals surface area contributed by atoms with Gasteiger partial charge in [0.25, 0.3) is 5.91 Å². The first-order valence-corrected chi connectivity index (χ1v) is 4.94. The van der Waals surface area contributed by atoms with Crippen LogP contribution in [-0.2, 0) is 14.4 Å². The Bertz CT molecular complexity index is 278. The largest absolute Gasteiger partial charge is 0.548 e. The molecule has 0 aliphatic heterocycles. The first-order chi connectivity index (χ1) is 7.38. The van der Waals surface area contributed by atoms with E-state index >= 15 is 0 Å². The van der Waals surface area contributed by atoms with Gasteiger partial charge in [0, 0.05) is 0 Å². The van der Waals surface area contributed by atoms with E-state index in [9.17, 15) is 19.5 Å². The third-order valence-corrected chi connectivity index (χ3v) is 1.91. The van der Waals surface area contributed by atoms with E-state index in [-0.39, 0.29) is 24.9 Å². The van der Waals surface area contributed by atoms with Gasteiger partial charge in [-0.2, -0.15) is 0 Å². The number of amides is 2. The van der Waals surface area contributed by atoms with Crippen LogP contribution < -0.4 is 21.5 Å². The summed E-state index contributed by atoms with van der Waals surface area (Å²) in [7, 11) is 0. The predicted molar refractivity (Wildman–Crippen MR) is 52.5 cm³/mol.